The number of halogens is 1. The van der Waals surface area contributed by atoms with Gasteiger partial charge in [-0.25, -0.2) is 0 Å². The Labute approximate surface area is 146 Å². The van der Waals surface area contributed by atoms with E-state index in [0.717, 1.165) is 37.7 Å². The SMILES string of the molecule is C[C@]12CC[C@@]3(Br)[C@@H](CCC4=CC(=O)C[C@@H](O)[C@@]43C)[C@@H]1CCC2=O. The van der Waals surface area contributed by atoms with E-state index in [9.17, 15) is 14.7 Å². The standard InChI is InChI=1S/C19H25BrO3/c1-17-7-8-19(20)14(13(17)5-6-15(17)22)4-3-11-9-12(21)10-16(23)18(11,19)2/h9,13-14,16,23H,3-8,10H2,1-2H3/t13-,14-,16+,17-,18+,19+/m0/s1. The van der Waals surface area contributed by atoms with Crippen molar-refractivity contribution in [2.45, 2.75) is 69.2 Å². The number of aliphatic hydroxyl groups is 1. The van der Waals surface area contributed by atoms with Crippen molar-refractivity contribution in [2.24, 2.45) is 22.7 Å². The smallest absolute Gasteiger partial charge is 0.158 e. The van der Waals surface area contributed by atoms with Crippen LogP contribution in [0.15, 0.2) is 11.6 Å². The lowest BCUT2D eigenvalue weighted by molar-refractivity contribution is -0.133. The molecule has 0 spiro atoms. The highest BCUT2D eigenvalue weighted by Crippen LogP contribution is 2.69. The molecule has 0 aromatic heterocycles. The van der Waals surface area contributed by atoms with Gasteiger partial charge in [-0.2, -0.15) is 0 Å². The Morgan fingerprint density at radius 2 is 1.83 bits per heavy atom. The summed E-state index contributed by atoms with van der Waals surface area (Å²) >= 11 is 4.09. The quantitative estimate of drug-likeness (QED) is 0.653. The molecule has 4 rings (SSSR count). The number of Topliss-reactive ketones (excluding diaryl/α,β-unsaturated/α-hetero) is 1. The van der Waals surface area contributed by atoms with Gasteiger partial charge >= 0.3 is 0 Å². The first-order valence-electron chi connectivity index (χ1n) is 8.87. The predicted octanol–water partition coefficient (Wildman–Crippen LogP) is 3.58. The van der Waals surface area contributed by atoms with Gasteiger partial charge in [-0.1, -0.05) is 35.4 Å². The largest absolute Gasteiger partial charge is 0.392 e. The summed E-state index contributed by atoms with van der Waals surface area (Å²) in [5.41, 5.74) is 0.549. The van der Waals surface area contributed by atoms with Crippen LogP contribution in [0, 0.1) is 22.7 Å². The van der Waals surface area contributed by atoms with Crippen molar-refractivity contribution in [2.75, 3.05) is 0 Å². The first-order chi connectivity index (χ1) is 10.7. The van der Waals surface area contributed by atoms with Gasteiger partial charge in [0, 0.05) is 28.0 Å². The highest BCUT2D eigenvalue weighted by atomic mass is 79.9. The van der Waals surface area contributed by atoms with Crippen molar-refractivity contribution in [3.63, 3.8) is 0 Å². The van der Waals surface area contributed by atoms with E-state index in [2.05, 4.69) is 29.8 Å². The number of hydrogen-bond donors (Lipinski definition) is 1. The minimum Gasteiger partial charge on any atom is -0.392 e. The average molecular weight is 381 g/mol. The number of fused-ring (bicyclic) bond motifs is 5. The Balaban J connectivity index is 1.81. The predicted molar refractivity (Wildman–Crippen MR) is 91.3 cm³/mol. The van der Waals surface area contributed by atoms with Crippen molar-refractivity contribution in [3.8, 4) is 0 Å². The highest BCUT2D eigenvalue weighted by Gasteiger charge is 2.67. The van der Waals surface area contributed by atoms with Crippen LogP contribution in [0.2, 0.25) is 0 Å². The zero-order valence-electron chi connectivity index (χ0n) is 13.9. The highest BCUT2D eigenvalue weighted by molar-refractivity contribution is 9.10. The maximum absolute atomic E-state index is 12.5. The molecule has 4 heteroatoms. The van der Waals surface area contributed by atoms with Crippen LogP contribution in [0.3, 0.4) is 0 Å². The molecule has 3 fully saturated rings. The third-order valence-corrected chi connectivity index (χ3v) is 9.68. The fourth-order valence-corrected chi connectivity index (χ4v) is 7.55. The first-order valence-corrected chi connectivity index (χ1v) is 9.67. The van der Waals surface area contributed by atoms with Crippen molar-refractivity contribution >= 4 is 27.5 Å². The first kappa shape index (κ1) is 16.0. The number of aliphatic hydroxyl groups excluding tert-OH is 1. The zero-order valence-corrected chi connectivity index (χ0v) is 15.5. The summed E-state index contributed by atoms with van der Waals surface area (Å²) in [6.07, 6.45) is 6.76. The van der Waals surface area contributed by atoms with Crippen molar-refractivity contribution in [1.82, 2.24) is 0 Å². The van der Waals surface area contributed by atoms with Crippen LogP contribution in [0.4, 0.5) is 0 Å². The van der Waals surface area contributed by atoms with E-state index in [-0.39, 0.29) is 21.9 Å². The molecule has 0 aromatic rings. The second-order valence-electron chi connectivity index (χ2n) is 8.55. The molecule has 4 aliphatic rings. The minimum atomic E-state index is -0.626. The Morgan fingerprint density at radius 1 is 1.13 bits per heavy atom. The van der Waals surface area contributed by atoms with E-state index < -0.39 is 11.5 Å². The molecule has 3 nitrogen and oxygen atoms in total. The Hall–Kier alpha value is -0.480. The number of carbonyl (C=O) groups is 2. The van der Waals surface area contributed by atoms with Crippen molar-refractivity contribution in [3.05, 3.63) is 11.6 Å². The third-order valence-electron chi connectivity index (χ3n) is 7.87. The normalized spacial score (nSPS) is 52.5. The molecule has 0 amide bonds. The summed E-state index contributed by atoms with van der Waals surface area (Å²) in [6, 6.07) is 0. The lowest BCUT2D eigenvalue weighted by atomic mass is 9.46. The van der Waals surface area contributed by atoms with E-state index in [1.807, 2.05) is 0 Å². The molecular weight excluding hydrogens is 356 g/mol. The maximum Gasteiger partial charge on any atom is 0.158 e. The fraction of sp³-hybridized carbons (Fsp3) is 0.789. The van der Waals surface area contributed by atoms with E-state index in [1.165, 1.54) is 0 Å². The Kier molecular flexibility index (Phi) is 3.33. The molecule has 0 bridgehead atoms. The summed E-state index contributed by atoms with van der Waals surface area (Å²) in [7, 11) is 0. The fourth-order valence-electron chi connectivity index (χ4n) is 6.29. The molecule has 0 heterocycles. The summed E-state index contributed by atoms with van der Waals surface area (Å²) in [5.74, 6) is 1.29. The lowest BCUT2D eigenvalue weighted by Crippen LogP contribution is -2.63. The second-order valence-corrected chi connectivity index (χ2v) is 9.97. The van der Waals surface area contributed by atoms with Crippen LogP contribution in [-0.4, -0.2) is 27.1 Å². The molecule has 0 saturated heterocycles. The van der Waals surface area contributed by atoms with Gasteiger partial charge in [0.1, 0.15) is 5.78 Å². The number of hydrogen-bond acceptors (Lipinski definition) is 3. The number of alkyl halides is 1. The molecule has 0 unspecified atom stereocenters. The van der Waals surface area contributed by atoms with Crippen LogP contribution in [0.5, 0.6) is 0 Å². The molecule has 1 N–H and O–H groups in total. The maximum atomic E-state index is 12.5. The van der Waals surface area contributed by atoms with E-state index in [1.54, 1.807) is 6.08 Å². The molecule has 6 atom stereocenters. The molecule has 23 heavy (non-hydrogen) atoms. The molecule has 0 aliphatic heterocycles. The second kappa shape index (κ2) is 4.78. The van der Waals surface area contributed by atoms with Gasteiger partial charge in [0.15, 0.2) is 5.78 Å². The molecule has 0 aromatic carbocycles. The number of rotatable bonds is 0. The average Bonchev–Trinajstić information content (AvgIpc) is 2.78. The molecule has 4 aliphatic carbocycles. The molecular formula is C19H25BrO3. The Bertz CT molecular complexity index is 626. The van der Waals surface area contributed by atoms with Crippen LogP contribution in [0.25, 0.3) is 0 Å². The van der Waals surface area contributed by atoms with Crippen LogP contribution in [0.1, 0.15) is 58.8 Å². The van der Waals surface area contributed by atoms with Gasteiger partial charge in [-0.15, -0.1) is 0 Å². The number of carbonyl (C=O) groups excluding carboxylic acids is 2. The van der Waals surface area contributed by atoms with E-state index in [4.69, 9.17) is 0 Å². The summed E-state index contributed by atoms with van der Waals surface area (Å²) in [6.45, 7) is 4.30. The van der Waals surface area contributed by atoms with Crippen LogP contribution >= 0.6 is 15.9 Å². The van der Waals surface area contributed by atoms with Crippen LogP contribution in [-0.2, 0) is 9.59 Å². The zero-order chi connectivity index (χ0) is 16.6. The van der Waals surface area contributed by atoms with Crippen molar-refractivity contribution in [1.29, 1.82) is 0 Å². The van der Waals surface area contributed by atoms with Gasteiger partial charge in [-0.05, 0) is 50.0 Å². The lowest BCUT2D eigenvalue weighted by Gasteiger charge is -2.63. The summed E-state index contributed by atoms with van der Waals surface area (Å²) in [5, 5.41) is 10.8. The topological polar surface area (TPSA) is 54.4 Å². The monoisotopic (exact) mass is 380 g/mol. The van der Waals surface area contributed by atoms with Gasteiger partial charge < -0.3 is 5.11 Å². The molecule has 3 saturated carbocycles. The van der Waals surface area contributed by atoms with Gasteiger partial charge in [0.25, 0.3) is 0 Å². The number of ketones is 2. The summed E-state index contributed by atoms with van der Waals surface area (Å²) < 4.78 is -0.195. The molecule has 126 valence electrons. The van der Waals surface area contributed by atoms with Gasteiger partial charge in [0.05, 0.1) is 6.10 Å². The van der Waals surface area contributed by atoms with E-state index >= 15 is 0 Å². The molecule has 0 radical (unpaired) electrons. The summed E-state index contributed by atoms with van der Waals surface area (Å²) in [4.78, 5) is 24.4. The van der Waals surface area contributed by atoms with Gasteiger partial charge in [0.2, 0.25) is 0 Å². The minimum absolute atomic E-state index is 0.0521. The van der Waals surface area contributed by atoms with Crippen LogP contribution < -0.4 is 0 Å². The van der Waals surface area contributed by atoms with E-state index in [0.29, 0.717) is 24.0 Å². The Morgan fingerprint density at radius 3 is 2.57 bits per heavy atom. The van der Waals surface area contributed by atoms with Crippen molar-refractivity contribution < 1.29 is 14.7 Å². The third kappa shape index (κ3) is 1.80. The van der Waals surface area contributed by atoms with Gasteiger partial charge in [-0.3, -0.25) is 9.59 Å².